The Morgan fingerprint density at radius 2 is 2.25 bits per heavy atom. The fourth-order valence-electron chi connectivity index (χ4n) is 2.55. The lowest BCUT2D eigenvalue weighted by molar-refractivity contribution is 0.256. The Balaban J connectivity index is 2.22. The number of hydrogen-bond acceptors (Lipinski definition) is 3. The number of H-pyrrole nitrogens is 1. The lowest BCUT2D eigenvalue weighted by Crippen LogP contribution is -2.12. The SMILES string of the molecule is CC1CCCC(n2c(CO)n[nH]c2=S)CC1. The number of aromatic nitrogens is 3. The average Bonchev–Trinajstić information content (AvgIpc) is 2.51. The van der Waals surface area contributed by atoms with E-state index in [4.69, 9.17) is 12.2 Å². The molecule has 1 heterocycles. The van der Waals surface area contributed by atoms with Gasteiger partial charge in [-0.3, -0.25) is 9.67 Å². The molecule has 0 saturated heterocycles. The molecule has 0 amide bonds. The molecule has 1 fully saturated rings. The molecule has 16 heavy (non-hydrogen) atoms. The highest BCUT2D eigenvalue weighted by Crippen LogP contribution is 2.30. The quantitative estimate of drug-likeness (QED) is 0.618. The van der Waals surface area contributed by atoms with Gasteiger partial charge in [-0.1, -0.05) is 19.8 Å². The second-order valence-corrected chi connectivity index (χ2v) is 5.13. The number of rotatable bonds is 2. The van der Waals surface area contributed by atoms with Crippen LogP contribution in [0.1, 0.15) is 50.9 Å². The van der Waals surface area contributed by atoms with Crippen LogP contribution in [0, 0.1) is 10.7 Å². The van der Waals surface area contributed by atoms with E-state index in [0.29, 0.717) is 16.6 Å². The lowest BCUT2D eigenvalue weighted by atomic mass is 10.0. The smallest absolute Gasteiger partial charge is 0.195 e. The summed E-state index contributed by atoms with van der Waals surface area (Å²) >= 11 is 5.23. The Labute approximate surface area is 101 Å². The molecule has 0 spiro atoms. The predicted octanol–water partition coefficient (Wildman–Crippen LogP) is 2.57. The van der Waals surface area contributed by atoms with E-state index in [1.54, 1.807) is 0 Å². The molecule has 1 saturated carbocycles. The van der Waals surface area contributed by atoms with Gasteiger partial charge in [0.25, 0.3) is 0 Å². The van der Waals surface area contributed by atoms with Gasteiger partial charge in [-0.2, -0.15) is 5.10 Å². The number of aliphatic hydroxyl groups is 1. The first-order valence-corrected chi connectivity index (χ1v) is 6.40. The third kappa shape index (κ3) is 2.35. The monoisotopic (exact) mass is 241 g/mol. The van der Waals surface area contributed by atoms with Gasteiger partial charge < -0.3 is 5.11 Å². The summed E-state index contributed by atoms with van der Waals surface area (Å²) in [6, 6.07) is 0.415. The standard InChI is InChI=1S/C11H19N3OS/c1-8-3-2-4-9(6-5-8)14-10(7-15)12-13-11(14)16/h8-9,15H,2-7H2,1H3,(H,13,16). The van der Waals surface area contributed by atoms with Gasteiger partial charge in [0.2, 0.25) is 0 Å². The number of aliphatic hydroxyl groups excluding tert-OH is 1. The predicted molar refractivity (Wildman–Crippen MR) is 64.6 cm³/mol. The third-order valence-electron chi connectivity index (χ3n) is 3.51. The van der Waals surface area contributed by atoms with Crippen molar-refractivity contribution in [2.24, 2.45) is 5.92 Å². The van der Waals surface area contributed by atoms with Crippen molar-refractivity contribution in [3.05, 3.63) is 10.6 Å². The Bertz CT molecular complexity index is 398. The number of aromatic amines is 1. The van der Waals surface area contributed by atoms with E-state index >= 15 is 0 Å². The average molecular weight is 241 g/mol. The van der Waals surface area contributed by atoms with E-state index in [0.717, 1.165) is 18.8 Å². The maximum atomic E-state index is 9.24. The molecule has 4 nitrogen and oxygen atoms in total. The van der Waals surface area contributed by atoms with E-state index in [-0.39, 0.29) is 6.61 Å². The maximum Gasteiger partial charge on any atom is 0.195 e. The Morgan fingerprint density at radius 3 is 3.00 bits per heavy atom. The van der Waals surface area contributed by atoms with Crippen LogP contribution < -0.4 is 0 Å². The zero-order valence-electron chi connectivity index (χ0n) is 9.65. The van der Waals surface area contributed by atoms with Crippen LogP contribution in [0.25, 0.3) is 0 Å². The second kappa shape index (κ2) is 5.10. The molecule has 1 aliphatic rings. The van der Waals surface area contributed by atoms with E-state index < -0.39 is 0 Å². The molecular weight excluding hydrogens is 222 g/mol. The molecule has 2 atom stereocenters. The fraction of sp³-hybridized carbons (Fsp3) is 0.818. The summed E-state index contributed by atoms with van der Waals surface area (Å²) in [6.45, 7) is 2.27. The highest BCUT2D eigenvalue weighted by atomic mass is 32.1. The molecule has 0 aliphatic heterocycles. The topological polar surface area (TPSA) is 53.8 Å². The Morgan fingerprint density at radius 1 is 1.44 bits per heavy atom. The molecule has 2 rings (SSSR count). The molecule has 1 aromatic rings. The Hall–Kier alpha value is -0.680. The molecule has 2 N–H and O–H groups in total. The third-order valence-corrected chi connectivity index (χ3v) is 3.80. The Kier molecular flexibility index (Phi) is 3.76. The van der Waals surface area contributed by atoms with Gasteiger partial charge >= 0.3 is 0 Å². The van der Waals surface area contributed by atoms with E-state index in [1.165, 1.54) is 19.3 Å². The first-order chi connectivity index (χ1) is 7.72. The van der Waals surface area contributed by atoms with Gasteiger partial charge in [0.15, 0.2) is 10.6 Å². The molecular formula is C11H19N3OS. The largest absolute Gasteiger partial charge is 0.388 e. The van der Waals surface area contributed by atoms with Crippen LogP contribution >= 0.6 is 12.2 Å². The van der Waals surface area contributed by atoms with Crippen LogP contribution in [-0.2, 0) is 6.61 Å². The van der Waals surface area contributed by atoms with Crippen LogP contribution in [0.15, 0.2) is 0 Å². The summed E-state index contributed by atoms with van der Waals surface area (Å²) in [5.74, 6) is 1.48. The van der Waals surface area contributed by atoms with Crippen molar-refractivity contribution >= 4 is 12.2 Å². The van der Waals surface area contributed by atoms with Gasteiger partial charge in [-0.05, 0) is 37.4 Å². The van der Waals surface area contributed by atoms with Gasteiger partial charge in [0.05, 0.1) is 0 Å². The minimum absolute atomic E-state index is 0.0425. The fourth-order valence-corrected chi connectivity index (χ4v) is 2.85. The van der Waals surface area contributed by atoms with Crippen molar-refractivity contribution < 1.29 is 5.11 Å². The van der Waals surface area contributed by atoms with Crippen LogP contribution in [0.2, 0.25) is 0 Å². The number of hydrogen-bond donors (Lipinski definition) is 2. The zero-order chi connectivity index (χ0) is 11.5. The van der Waals surface area contributed by atoms with Gasteiger partial charge in [-0.25, -0.2) is 0 Å². The number of nitrogens with zero attached hydrogens (tertiary/aromatic N) is 2. The van der Waals surface area contributed by atoms with Gasteiger partial charge in [0.1, 0.15) is 6.61 Å². The first kappa shape index (κ1) is 11.8. The molecule has 90 valence electrons. The first-order valence-electron chi connectivity index (χ1n) is 5.99. The van der Waals surface area contributed by atoms with E-state index in [9.17, 15) is 5.11 Å². The van der Waals surface area contributed by atoms with Crippen LogP contribution in [-0.4, -0.2) is 19.9 Å². The van der Waals surface area contributed by atoms with Crippen molar-refractivity contribution in [2.75, 3.05) is 0 Å². The normalized spacial score (nSPS) is 26.6. The molecule has 2 unspecified atom stereocenters. The lowest BCUT2D eigenvalue weighted by Gasteiger charge is -2.17. The van der Waals surface area contributed by atoms with Gasteiger partial charge in [-0.15, -0.1) is 0 Å². The summed E-state index contributed by atoms with van der Waals surface area (Å²) in [5, 5.41) is 16.1. The van der Waals surface area contributed by atoms with Crippen molar-refractivity contribution in [2.45, 2.75) is 51.7 Å². The summed E-state index contributed by atoms with van der Waals surface area (Å²) in [4.78, 5) is 0. The summed E-state index contributed by atoms with van der Waals surface area (Å²) in [5.41, 5.74) is 0. The van der Waals surface area contributed by atoms with E-state index in [1.807, 2.05) is 4.57 Å². The summed E-state index contributed by atoms with van der Waals surface area (Å²) in [6.07, 6.45) is 6.06. The maximum absolute atomic E-state index is 9.24. The summed E-state index contributed by atoms with van der Waals surface area (Å²) in [7, 11) is 0. The van der Waals surface area contributed by atoms with Crippen LogP contribution in [0.5, 0.6) is 0 Å². The second-order valence-electron chi connectivity index (χ2n) is 4.74. The molecule has 0 radical (unpaired) electrons. The van der Waals surface area contributed by atoms with Gasteiger partial charge in [0, 0.05) is 6.04 Å². The number of nitrogens with one attached hydrogen (secondary N) is 1. The van der Waals surface area contributed by atoms with Crippen molar-refractivity contribution in [1.82, 2.24) is 14.8 Å². The highest BCUT2D eigenvalue weighted by Gasteiger charge is 2.20. The van der Waals surface area contributed by atoms with Crippen molar-refractivity contribution in [3.63, 3.8) is 0 Å². The van der Waals surface area contributed by atoms with Crippen LogP contribution in [0.3, 0.4) is 0 Å². The molecule has 0 aromatic carbocycles. The van der Waals surface area contributed by atoms with Crippen LogP contribution in [0.4, 0.5) is 0 Å². The highest BCUT2D eigenvalue weighted by molar-refractivity contribution is 7.71. The minimum Gasteiger partial charge on any atom is -0.388 e. The molecule has 1 aromatic heterocycles. The zero-order valence-corrected chi connectivity index (χ0v) is 10.5. The minimum atomic E-state index is -0.0425. The van der Waals surface area contributed by atoms with E-state index in [2.05, 4.69) is 17.1 Å². The molecule has 5 heteroatoms. The van der Waals surface area contributed by atoms with Crippen molar-refractivity contribution in [1.29, 1.82) is 0 Å². The van der Waals surface area contributed by atoms with Crippen molar-refractivity contribution in [3.8, 4) is 0 Å². The molecule has 1 aliphatic carbocycles. The summed E-state index contributed by atoms with van der Waals surface area (Å²) < 4.78 is 2.65. The molecule has 0 bridgehead atoms.